The molecular weight excluding hydrogens is 378 g/mol. The predicted octanol–water partition coefficient (Wildman–Crippen LogP) is 3.74. The summed E-state index contributed by atoms with van der Waals surface area (Å²) in [4.78, 5) is 27.0. The fraction of sp³-hybridized carbons (Fsp3) is 0.333. The highest BCUT2D eigenvalue weighted by atomic mass is 19.3. The summed E-state index contributed by atoms with van der Waals surface area (Å²) in [5.41, 5.74) is -0.406. The third-order valence-electron chi connectivity index (χ3n) is 4.20. The zero-order chi connectivity index (χ0) is 20.5. The van der Waals surface area contributed by atoms with E-state index in [-0.39, 0.29) is 20.8 Å². The highest BCUT2D eigenvalue weighted by Crippen LogP contribution is 2.28. The Hall–Kier alpha value is -3.04. The molecular formula is C18H21F4N5O. The van der Waals surface area contributed by atoms with Crippen LogP contribution in [-0.4, -0.2) is 38.8 Å². The Balaban J connectivity index is 0.00000225. The molecule has 3 rings (SSSR count). The molecule has 6 nitrogen and oxygen atoms in total. The van der Waals surface area contributed by atoms with Crippen LogP contribution < -0.4 is 5.32 Å². The number of aromatic nitrogens is 4. The first-order valence-corrected chi connectivity index (χ1v) is 8.38. The Morgan fingerprint density at radius 1 is 1.29 bits per heavy atom. The highest BCUT2D eigenvalue weighted by Gasteiger charge is 2.30. The number of H-pyrrole nitrogens is 1. The lowest BCUT2D eigenvalue weighted by molar-refractivity contribution is -0.130. The zero-order valence-electron chi connectivity index (χ0n) is 15.1. The number of carbonyl (C=O) groups excluding carboxylic acids is 1. The fourth-order valence-electron chi connectivity index (χ4n) is 2.73. The molecule has 0 bridgehead atoms. The lowest BCUT2D eigenvalue weighted by Gasteiger charge is -2.23. The van der Waals surface area contributed by atoms with Gasteiger partial charge in [0, 0.05) is 31.8 Å². The Morgan fingerprint density at radius 3 is 2.75 bits per heavy atom. The van der Waals surface area contributed by atoms with Gasteiger partial charge in [-0.15, -0.1) is 0 Å². The van der Waals surface area contributed by atoms with E-state index in [1.54, 1.807) is 0 Å². The van der Waals surface area contributed by atoms with E-state index in [0.29, 0.717) is 16.6 Å². The maximum atomic E-state index is 14.2. The van der Waals surface area contributed by atoms with Gasteiger partial charge in [-0.3, -0.25) is 4.79 Å². The molecule has 28 heavy (non-hydrogen) atoms. The maximum Gasteiger partial charge on any atom is 0.255 e. The van der Waals surface area contributed by atoms with Crippen molar-refractivity contribution < 1.29 is 25.2 Å². The van der Waals surface area contributed by atoms with Crippen LogP contribution in [0.4, 0.5) is 17.6 Å². The predicted molar refractivity (Wildman–Crippen MR) is 97.8 cm³/mol. The lowest BCUT2D eigenvalue weighted by atomic mass is 9.86. The van der Waals surface area contributed by atoms with E-state index < -0.39 is 35.9 Å². The number of amides is 1. The molecule has 0 saturated heterocycles. The van der Waals surface area contributed by atoms with E-state index in [1.807, 2.05) is 0 Å². The number of rotatable bonds is 6. The van der Waals surface area contributed by atoms with Crippen molar-refractivity contribution in [1.29, 1.82) is 0 Å². The molecule has 3 heterocycles. The van der Waals surface area contributed by atoms with Crippen LogP contribution in [0.5, 0.6) is 0 Å². The molecule has 0 radical (unpaired) electrons. The number of fused-ring (bicyclic) bond motifs is 1. The van der Waals surface area contributed by atoms with Crippen molar-refractivity contribution in [2.24, 2.45) is 5.41 Å². The number of hydrogen-bond donors (Lipinski definition) is 2. The second-order valence-electron chi connectivity index (χ2n) is 6.90. The summed E-state index contributed by atoms with van der Waals surface area (Å²) in [6.07, 6.45) is 0.710. The standard InChI is InChI=1S/C18H17F4N5O.2H2/c1-18(2,17(28)26-8-14(21)22)4-13-12(20)7-25-16(27-13)11-6-24-15-10(11)3-9(19)5-23-15;;/h3,5-7,14H,4,8H2,1-2H3,(H,23,24)(H,26,28);2*1H. The summed E-state index contributed by atoms with van der Waals surface area (Å²) in [5, 5.41) is 2.55. The first-order chi connectivity index (χ1) is 13.2. The van der Waals surface area contributed by atoms with Gasteiger partial charge in [0.15, 0.2) is 11.6 Å². The molecule has 0 saturated carbocycles. The Labute approximate surface area is 160 Å². The number of hydrogen-bond acceptors (Lipinski definition) is 4. The topological polar surface area (TPSA) is 83.6 Å². The quantitative estimate of drug-likeness (QED) is 0.619. The molecule has 0 spiro atoms. The fourth-order valence-corrected chi connectivity index (χ4v) is 2.73. The summed E-state index contributed by atoms with van der Waals surface area (Å²) >= 11 is 0. The second kappa shape index (κ2) is 7.53. The van der Waals surface area contributed by atoms with Crippen LogP contribution in [0.3, 0.4) is 0 Å². The van der Waals surface area contributed by atoms with Crippen molar-refractivity contribution in [3.8, 4) is 11.4 Å². The smallest absolute Gasteiger partial charge is 0.255 e. The largest absolute Gasteiger partial charge is 0.350 e. The van der Waals surface area contributed by atoms with E-state index in [1.165, 1.54) is 26.1 Å². The van der Waals surface area contributed by atoms with Gasteiger partial charge in [-0.1, -0.05) is 13.8 Å². The highest BCUT2D eigenvalue weighted by molar-refractivity contribution is 5.91. The average molecular weight is 399 g/mol. The summed E-state index contributed by atoms with van der Waals surface area (Å²) in [5.74, 6) is -1.81. The Morgan fingerprint density at radius 2 is 2.04 bits per heavy atom. The SMILES string of the molecule is CC(C)(Cc1nc(-c2c[nH]c3ncc(F)cc23)ncc1F)C(=O)NCC(F)F.[HH].[HH]. The van der Waals surface area contributed by atoms with Crippen LogP contribution in [0.1, 0.15) is 22.4 Å². The molecule has 3 aromatic rings. The van der Waals surface area contributed by atoms with Crippen molar-refractivity contribution in [2.75, 3.05) is 6.54 Å². The molecule has 1 amide bonds. The second-order valence-corrected chi connectivity index (χ2v) is 6.90. The summed E-state index contributed by atoms with van der Waals surface area (Å²) in [6, 6.07) is 1.25. The van der Waals surface area contributed by atoms with Crippen molar-refractivity contribution >= 4 is 16.9 Å². The number of carbonyl (C=O) groups is 1. The van der Waals surface area contributed by atoms with Crippen LogP contribution in [0.25, 0.3) is 22.4 Å². The van der Waals surface area contributed by atoms with Crippen molar-refractivity contribution in [3.05, 3.63) is 42.0 Å². The third kappa shape index (κ3) is 4.10. The van der Waals surface area contributed by atoms with Crippen molar-refractivity contribution in [3.63, 3.8) is 0 Å². The number of nitrogens with zero attached hydrogens (tertiary/aromatic N) is 3. The van der Waals surface area contributed by atoms with Crippen molar-refractivity contribution in [2.45, 2.75) is 26.7 Å². The van der Waals surface area contributed by atoms with E-state index in [2.05, 4.69) is 25.3 Å². The first-order valence-electron chi connectivity index (χ1n) is 8.38. The molecule has 152 valence electrons. The van der Waals surface area contributed by atoms with Crippen LogP contribution in [-0.2, 0) is 11.2 Å². The molecule has 0 aromatic carbocycles. The number of alkyl halides is 2. The Bertz CT molecular complexity index is 1030. The number of pyridine rings is 1. The number of nitrogens with one attached hydrogen (secondary N) is 2. The molecule has 3 aromatic heterocycles. The molecule has 0 aliphatic rings. The van der Waals surface area contributed by atoms with Gasteiger partial charge in [-0.05, 0) is 6.07 Å². The summed E-state index contributed by atoms with van der Waals surface area (Å²) < 4.78 is 52.4. The zero-order valence-corrected chi connectivity index (χ0v) is 15.1. The first kappa shape index (κ1) is 19.7. The van der Waals surface area contributed by atoms with E-state index in [9.17, 15) is 22.4 Å². The molecule has 0 aliphatic heterocycles. The van der Waals surface area contributed by atoms with Gasteiger partial charge in [0.05, 0.1) is 24.6 Å². The minimum atomic E-state index is -2.68. The minimum absolute atomic E-state index is 0. The number of aromatic amines is 1. The van der Waals surface area contributed by atoms with Crippen LogP contribution in [0, 0.1) is 17.0 Å². The third-order valence-corrected chi connectivity index (χ3v) is 4.20. The van der Waals surface area contributed by atoms with Gasteiger partial charge >= 0.3 is 0 Å². The number of halogens is 4. The minimum Gasteiger partial charge on any atom is -0.350 e. The van der Waals surface area contributed by atoms with Gasteiger partial charge in [0.1, 0.15) is 11.5 Å². The summed E-state index contributed by atoms with van der Waals surface area (Å²) in [6.45, 7) is 2.22. The molecule has 0 fully saturated rings. The Kier molecular flexibility index (Phi) is 5.30. The molecule has 0 aliphatic carbocycles. The van der Waals surface area contributed by atoms with E-state index in [4.69, 9.17) is 0 Å². The van der Waals surface area contributed by atoms with E-state index in [0.717, 1.165) is 12.4 Å². The van der Waals surface area contributed by atoms with Gasteiger partial charge in [0.2, 0.25) is 5.91 Å². The molecule has 0 atom stereocenters. The van der Waals surface area contributed by atoms with Crippen LogP contribution >= 0.6 is 0 Å². The summed E-state index contributed by atoms with van der Waals surface area (Å²) in [7, 11) is 0. The molecule has 10 heteroatoms. The maximum absolute atomic E-state index is 14.2. The van der Waals surface area contributed by atoms with Gasteiger partial charge < -0.3 is 10.3 Å². The van der Waals surface area contributed by atoms with E-state index >= 15 is 0 Å². The average Bonchev–Trinajstić information content (AvgIpc) is 3.04. The molecule has 0 unspecified atom stereocenters. The van der Waals surface area contributed by atoms with Crippen LogP contribution in [0.2, 0.25) is 0 Å². The van der Waals surface area contributed by atoms with Crippen LogP contribution in [0.15, 0.2) is 24.7 Å². The lowest BCUT2D eigenvalue weighted by Crippen LogP contribution is -2.40. The normalized spacial score (nSPS) is 12.0. The van der Waals surface area contributed by atoms with Gasteiger partial charge in [0.25, 0.3) is 6.43 Å². The van der Waals surface area contributed by atoms with Gasteiger partial charge in [-0.25, -0.2) is 32.5 Å². The van der Waals surface area contributed by atoms with Gasteiger partial charge in [-0.2, -0.15) is 0 Å². The van der Waals surface area contributed by atoms with Crippen molar-refractivity contribution in [1.82, 2.24) is 25.3 Å². The molecule has 2 N–H and O–H groups in total. The monoisotopic (exact) mass is 399 g/mol.